The molecule has 0 aliphatic carbocycles. The van der Waals surface area contributed by atoms with Crippen molar-refractivity contribution in [2.75, 3.05) is 0 Å². The minimum atomic E-state index is -0.128. The minimum absolute atomic E-state index is 0.128. The molecule has 0 bridgehead atoms. The Kier molecular flexibility index (Phi) is 5.99. The first kappa shape index (κ1) is 20.0. The van der Waals surface area contributed by atoms with Gasteiger partial charge < -0.3 is 5.32 Å². The van der Waals surface area contributed by atoms with E-state index in [1.165, 1.54) is 16.9 Å². The topological polar surface area (TPSA) is 72.7 Å². The van der Waals surface area contributed by atoms with Crippen LogP contribution in [0.5, 0.6) is 0 Å². The number of thiazole rings is 1. The van der Waals surface area contributed by atoms with Gasteiger partial charge in [0.15, 0.2) is 0 Å². The van der Waals surface area contributed by atoms with Crippen molar-refractivity contribution in [3.05, 3.63) is 88.8 Å². The van der Waals surface area contributed by atoms with Gasteiger partial charge in [-0.2, -0.15) is 5.10 Å². The third-order valence-electron chi connectivity index (χ3n) is 4.87. The molecule has 3 heterocycles. The summed E-state index contributed by atoms with van der Waals surface area (Å²) in [4.78, 5) is 21.9. The number of amides is 1. The molecule has 0 saturated heterocycles. The van der Waals surface area contributed by atoms with Crippen molar-refractivity contribution in [2.45, 2.75) is 32.9 Å². The van der Waals surface area contributed by atoms with Crippen LogP contribution in [0.2, 0.25) is 0 Å². The molecule has 4 aromatic rings. The summed E-state index contributed by atoms with van der Waals surface area (Å²) in [7, 11) is 0. The number of carbonyl (C=O) groups is 1. The molecule has 6 nitrogen and oxygen atoms in total. The number of benzene rings is 1. The zero-order valence-corrected chi connectivity index (χ0v) is 17.8. The maximum absolute atomic E-state index is 12.6. The monoisotopic (exact) mass is 417 g/mol. The first-order valence-electron chi connectivity index (χ1n) is 9.83. The lowest BCUT2D eigenvalue weighted by Gasteiger charge is -2.11. The lowest BCUT2D eigenvalue weighted by Crippen LogP contribution is -2.22. The first-order chi connectivity index (χ1) is 14.6. The molecule has 3 aromatic heterocycles. The second kappa shape index (κ2) is 9.00. The summed E-state index contributed by atoms with van der Waals surface area (Å²) in [5.74, 6) is 0.225. The highest BCUT2D eigenvalue weighted by Gasteiger charge is 2.18. The van der Waals surface area contributed by atoms with E-state index in [4.69, 9.17) is 0 Å². The average Bonchev–Trinajstić information content (AvgIpc) is 3.40. The molecule has 1 aromatic carbocycles. The standard InChI is InChI=1S/C23H23N5OS/c1-16(19-8-4-3-5-9-19)15-28-12-10-20(27-28)23-26-17(2)21(30-23)22(29)25-14-18-7-6-11-24-13-18/h3-13,16H,14-15H2,1-2H3,(H,25,29)/t16-/m0/s1. The number of nitrogens with one attached hydrogen (secondary N) is 1. The van der Waals surface area contributed by atoms with Gasteiger partial charge in [-0.3, -0.25) is 14.5 Å². The van der Waals surface area contributed by atoms with Gasteiger partial charge in [0.05, 0.1) is 5.69 Å². The van der Waals surface area contributed by atoms with Crippen LogP contribution in [0.25, 0.3) is 10.7 Å². The summed E-state index contributed by atoms with van der Waals surface area (Å²) in [5, 5.41) is 8.37. The van der Waals surface area contributed by atoms with Crippen LogP contribution < -0.4 is 5.32 Å². The van der Waals surface area contributed by atoms with Crippen molar-refractivity contribution >= 4 is 17.2 Å². The number of rotatable bonds is 7. The van der Waals surface area contributed by atoms with E-state index in [1.807, 2.05) is 42.1 Å². The van der Waals surface area contributed by atoms with Gasteiger partial charge in [-0.25, -0.2) is 4.98 Å². The summed E-state index contributed by atoms with van der Waals surface area (Å²) in [5.41, 5.74) is 3.74. The van der Waals surface area contributed by atoms with Gasteiger partial charge in [-0.1, -0.05) is 43.3 Å². The lowest BCUT2D eigenvalue weighted by molar-refractivity contribution is 0.0954. The highest BCUT2D eigenvalue weighted by atomic mass is 32.1. The lowest BCUT2D eigenvalue weighted by atomic mass is 10.0. The third kappa shape index (κ3) is 4.63. The van der Waals surface area contributed by atoms with E-state index in [2.05, 4.69) is 51.6 Å². The summed E-state index contributed by atoms with van der Waals surface area (Å²) in [6, 6.07) is 16.1. The summed E-state index contributed by atoms with van der Waals surface area (Å²) >= 11 is 1.37. The zero-order valence-electron chi connectivity index (χ0n) is 16.9. The molecule has 1 N–H and O–H groups in total. The molecule has 0 aliphatic rings. The highest BCUT2D eigenvalue weighted by Crippen LogP contribution is 2.27. The maximum Gasteiger partial charge on any atom is 0.263 e. The molecule has 0 spiro atoms. The number of pyridine rings is 1. The largest absolute Gasteiger partial charge is 0.347 e. The van der Waals surface area contributed by atoms with Crippen molar-refractivity contribution < 1.29 is 4.79 Å². The van der Waals surface area contributed by atoms with Crippen LogP contribution in [0, 0.1) is 6.92 Å². The quantitative estimate of drug-likeness (QED) is 0.482. The molecule has 1 amide bonds. The first-order valence-corrected chi connectivity index (χ1v) is 10.6. The van der Waals surface area contributed by atoms with E-state index in [0.29, 0.717) is 23.0 Å². The Morgan fingerprint density at radius 2 is 2.00 bits per heavy atom. The van der Waals surface area contributed by atoms with E-state index in [0.717, 1.165) is 22.8 Å². The smallest absolute Gasteiger partial charge is 0.263 e. The van der Waals surface area contributed by atoms with Gasteiger partial charge in [-0.05, 0) is 30.2 Å². The van der Waals surface area contributed by atoms with Crippen LogP contribution in [0.3, 0.4) is 0 Å². The minimum Gasteiger partial charge on any atom is -0.347 e. The van der Waals surface area contributed by atoms with E-state index in [9.17, 15) is 4.79 Å². The van der Waals surface area contributed by atoms with Crippen molar-refractivity contribution in [3.63, 3.8) is 0 Å². The van der Waals surface area contributed by atoms with Crippen molar-refractivity contribution in [1.29, 1.82) is 0 Å². The number of nitrogens with zero attached hydrogens (tertiary/aromatic N) is 4. The molecule has 0 saturated carbocycles. The molecular formula is C23H23N5OS. The van der Waals surface area contributed by atoms with Crippen LogP contribution in [-0.4, -0.2) is 25.7 Å². The number of hydrogen-bond acceptors (Lipinski definition) is 5. The Hall–Kier alpha value is -3.32. The second-order valence-corrected chi connectivity index (χ2v) is 8.21. The summed E-state index contributed by atoms with van der Waals surface area (Å²) in [6.07, 6.45) is 5.42. The zero-order chi connectivity index (χ0) is 20.9. The Balaban J connectivity index is 1.43. The van der Waals surface area contributed by atoms with Gasteiger partial charge >= 0.3 is 0 Å². The average molecular weight is 418 g/mol. The Labute approximate surface area is 179 Å². The van der Waals surface area contributed by atoms with Crippen LogP contribution in [0.1, 0.15) is 39.3 Å². The molecule has 4 rings (SSSR count). The molecule has 1 atom stereocenters. The molecule has 0 radical (unpaired) electrons. The Morgan fingerprint density at radius 1 is 1.17 bits per heavy atom. The fourth-order valence-electron chi connectivity index (χ4n) is 3.23. The molecule has 0 aliphatic heterocycles. The number of aryl methyl sites for hydroxylation is 1. The van der Waals surface area contributed by atoms with Gasteiger partial charge in [0, 0.05) is 37.6 Å². The molecule has 30 heavy (non-hydrogen) atoms. The summed E-state index contributed by atoms with van der Waals surface area (Å²) in [6.45, 7) is 5.26. The van der Waals surface area contributed by atoms with E-state index in [1.54, 1.807) is 12.4 Å². The van der Waals surface area contributed by atoms with Crippen LogP contribution in [0.15, 0.2) is 67.1 Å². The molecule has 152 valence electrons. The van der Waals surface area contributed by atoms with Crippen LogP contribution >= 0.6 is 11.3 Å². The highest BCUT2D eigenvalue weighted by molar-refractivity contribution is 7.17. The fourth-order valence-corrected chi connectivity index (χ4v) is 4.17. The molecule has 0 fully saturated rings. The van der Waals surface area contributed by atoms with E-state index in [-0.39, 0.29) is 5.91 Å². The SMILES string of the molecule is Cc1nc(-c2ccn(C[C@H](C)c3ccccc3)n2)sc1C(=O)NCc1cccnc1. The number of carbonyl (C=O) groups excluding carboxylic acids is 1. The molecular weight excluding hydrogens is 394 g/mol. The number of aromatic nitrogens is 4. The van der Waals surface area contributed by atoms with Gasteiger partial charge in [0.1, 0.15) is 15.6 Å². The molecule has 7 heteroatoms. The van der Waals surface area contributed by atoms with Gasteiger partial charge in [0.25, 0.3) is 5.91 Å². The van der Waals surface area contributed by atoms with Crippen LogP contribution in [-0.2, 0) is 13.1 Å². The normalized spacial score (nSPS) is 11.9. The maximum atomic E-state index is 12.6. The van der Waals surface area contributed by atoms with Crippen molar-refractivity contribution in [3.8, 4) is 10.7 Å². The second-order valence-electron chi connectivity index (χ2n) is 7.21. The third-order valence-corrected chi connectivity index (χ3v) is 6.05. The van der Waals surface area contributed by atoms with Gasteiger partial charge in [-0.15, -0.1) is 11.3 Å². The van der Waals surface area contributed by atoms with Crippen molar-refractivity contribution in [1.82, 2.24) is 25.1 Å². The van der Waals surface area contributed by atoms with Gasteiger partial charge in [0.2, 0.25) is 0 Å². The van der Waals surface area contributed by atoms with E-state index < -0.39 is 0 Å². The number of hydrogen-bond donors (Lipinski definition) is 1. The summed E-state index contributed by atoms with van der Waals surface area (Å²) < 4.78 is 1.94. The Morgan fingerprint density at radius 3 is 2.77 bits per heavy atom. The Bertz CT molecular complexity index is 1120. The predicted molar refractivity (Wildman–Crippen MR) is 118 cm³/mol. The fraction of sp³-hybridized carbons (Fsp3) is 0.217. The van der Waals surface area contributed by atoms with E-state index >= 15 is 0 Å². The predicted octanol–water partition coefficient (Wildman–Crippen LogP) is 4.44. The van der Waals surface area contributed by atoms with Crippen molar-refractivity contribution in [2.24, 2.45) is 0 Å². The van der Waals surface area contributed by atoms with Crippen LogP contribution in [0.4, 0.5) is 0 Å². The molecule has 0 unspecified atom stereocenters.